The summed E-state index contributed by atoms with van der Waals surface area (Å²) in [5, 5.41) is 2.95. The molecule has 0 bridgehead atoms. The number of nitrogens with two attached hydrogens (primary N) is 1. The van der Waals surface area contributed by atoms with E-state index in [-0.39, 0.29) is 17.7 Å². The lowest BCUT2D eigenvalue weighted by Gasteiger charge is -2.31. The third-order valence-electron chi connectivity index (χ3n) is 5.62. The van der Waals surface area contributed by atoms with Gasteiger partial charge in [0.2, 0.25) is 5.91 Å². The number of benzene rings is 1. The molecule has 2 heterocycles. The molecule has 8 nitrogen and oxygen atoms in total. The second kappa shape index (κ2) is 9.13. The Balaban J connectivity index is 1.78. The van der Waals surface area contributed by atoms with Crippen LogP contribution in [0.3, 0.4) is 0 Å². The quantitative estimate of drug-likeness (QED) is 0.630. The Morgan fingerprint density at radius 3 is 2.70 bits per heavy atom. The van der Waals surface area contributed by atoms with E-state index in [4.69, 9.17) is 10.5 Å². The van der Waals surface area contributed by atoms with Crippen LogP contribution in [-0.2, 0) is 16.1 Å². The van der Waals surface area contributed by atoms with Crippen LogP contribution in [0.4, 0.5) is 5.69 Å². The fourth-order valence-electron chi connectivity index (χ4n) is 4.02. The van der Waals surface area contributed by atoms with Crippen molar-refractivity contribution in [3.63, 3.8) is 0 Å². The molecule has 4 N–H and O–H groups in total. The van der Waals surface area contributed by atoms with Gasteiger partial charge in [0.15, 0.2) is 0 Å². The first kappa shape index (κ1) is 21.6. The summed E-state index contributed by atoms with van der Waals surface area (Å²) < 4.78 is 4.81. The summed E-state index contributed by atoms with van der Waals surface area (Å²) in [7, 11) is 1.31. The van der Waals surface area contributed by atoms with Crippen LogP contribution in [0.1, 0.15) is 50.5 Å². The molecule has 1 aliphatic heterocycles. The molecule has 2 aromatic rings. The zero-order valence-corrected chi connectivity index (χ0v) is 17.6. The molecule has 1 atom stereocenters. The largest absolute Gasteiger partial charge is 0.465 e. The Bertz CT molecular complexity index is 966. The van der Waals surface area contributed by atoms with Crippen molar-refractivity contribution in [2.24, 2.45) is 11.7 Å². The third kappa shape index (κ3) is 4.54. The van der Waals surface area contributed by atoms with Gasteiger partial charge >= 0.3 is 5.97 Å². The highest BCUT2D eigenvalue weighted by Crippen LogP contribution is 2.24. The van der Waals surface area contributed by atoms with Crippen molar-refractivity contribution in [2.45, 2.75) is 33.2 Å². The predicted octanol–water partition coefficient (Wildman–Crippen LogP) is 2.37. The van der Waals surface area contributed by atoms with Crippen molar-refractivity contribution >= 4 is 23.5 Å². The number of aryl methyl sites for hydroxylation is 1. The number of likely N-dealkylation sites (tertiary alicyclic amines) is 1. The highest BCUT2D eigenvalue weighted by Gasteiger charge is 2.25. The first-order chi connectivity index (χ1) is 14.3. The van der Waals surface area contributed by atoms with E-state index in [1.807, 2.05) is 24.3 Å². The van der Waals surface area contributed by atoms with Crippen molar-refractivity contribution in [1.29, 1.82) is 0 Å². The van der Waals surface area contributed by atoms with Crippen molar-refractivity contribution in [3.8, 4) is 0 Å². The summed E-state index contributed by atoms with van der Waals surface area (Å²) in [6.45, 7) is 5.55. The number of rotatable bonds is 6. The minimum absolute atomic E-state index is 0.137. The summed E-state index contributed by atoms with van der Waals surface area (Å²) in [6.07, 6.45) is 1.73. The number of hydrogen-bond donors (Lipinski definition) is 3. The predicted molar refractivity (Wildman–Crippen MR) is 113 cm³/mol. The molecule has 1 fully saturated rings. The van der Waals surface area contributed by atoms with Crippen molar-refractivity contribution in [3.05, 3.63) is 52.3 Å². The van der Waals surface area contributed by atoms with E-state index >= 15 is 0 Å². The molecular formula is C22H28N4O4. The van der Waals surface area contributed by atoms with E-state index in [9.17, 15) is 14.4 Å². The monoisotopic (exact) mass is 412 g/mol. The number of para-hydroxylation sites is 1. The highest BCUT2D eigenvalue weighted by molar-refractivity contribution is 6.07. The number of ether oxygens (including phenoxy) is 1. The maximum absolute atomic E-state index is 12.9. The van der Waals surface area contributed by atoms with E-state index < -0.39 is 5.97 Å². The van der Waals surface area contributed by atoms with E-state index in [0.29, 0.717) is 41.3 Å². The maximum atomic E-state index is 12.9. The lowest BCUT2D eigenvalue weighted by Crippen LogP contribution is -2.40. The van der Waals surface area contributed by atoms with Gasteiger partial charge in [0.1, 0.15) is 5.69 Å². The van der Waals surface area contributed by atoms with Gasteiger partial charge in [-0.2, -0.15) is 0 Å². The fraction of sp³-hybridized carbons (Fsp3) is 0.409. The van der Waals surface area contributed by atoms with Gasteiger partial charge in [0.05, 0.1) is 18.6 Å². The van der Waals surface area contributed by atoms with Gasteiger partial charge in [-0.1, -0.05) is 18.2 Å². The second-order valence-corrected chi connectivity index (χ2v) is 7.70. The molecule has 0 saturated carbocycles. The summed E-state index contributed by atoms with van der Waals surface area (Å²) in [6, 6.07) is 7.57. The number of esters is 1. The van der Waals surface area contributed by atoms with E-state index in [2.05, 4.69) is 15.2 Å². The minimum atomic E-state index is -0.477. The number of carbonyl (C=O) groups is 3. The zero-order chi connectivity index (χ0) is 21.8. The SMILES string of the molecule is COC(=O)c1c(C)[nH]c(C(=O)Nc2ccccc2CN2CCCC(C(N)=O)C2)c1C. The number of nitrogens with zero attached hydrogens (tertiary/aromatic N) is 1. The number of amides is 2. The second-order valence-electron chi connectivity index (χ2n) is 7.70. The van der Waals surface area contributed by atoms with Crippen molar-refractivity contribution in [1.82, 2.24) is 9.88 Å². The Labute approximate surface area is 175 Å². The fourth-order valence-corrected chi connectivity index (χ4v) is 4.02. The number of aromatic amines is 1. The van der Waals surface area contributed by atoms with Crippen LogP contribution in [0.2, 0.25) is 0 Å². The molecule has 0 spiro atoms. The molecule has 1 aromatic heterocycles. The number of anilines is 1. The molecule has 8 heteroatoms. The smallest absolute Gasteiger partial charge is 0.339 e. The molecule has 0 aliphatic carbocycles. The van der Waals surface area contributed by atoms with Crippen molar-refractivity contribution in [2.75, 3.05) is 25.5 Å². The first-order valence-corrected chi connectivity index (χ1v) is 10.00. The number of nitrogens with one attached hydrogen (secondary N) is 2. The molecule has 30 heavy (non-hydrogen) atoms. The van der Waals surface area contributed by atoms with Crippen LogP contribution in [0.15, 0.2) is 24.3 Å². The zero-order valence-electron chi connectivity index (χ0n) is 17.6. The molecule has 160 valence electrons. The number of methoxy groups -OCH3 is 1. The van der Waals surface area contributed by atoms with E-state index in [0.717, 1.165) is 24.9 Å². The lowest BCUT2D eigenvalue weighted by molar-refractivity contribution is -0.123. The molecule has 1 aromatic carbocycles. The average Bonchev–Trinajstić information content (AvgIpc) is 3.03. The number of aromatic nitrogens is 1. The number of carbonyl (C=O) groups excluding carboxylic acids is 3. The standard InChI is InChI=1S/C22H28N4O4/c1-13-18(22(29)30-3)14(2)24-19(13)21(28)25-17-9-5-4-7-15(17)11-26-10-6-8-16(12-26)20(23)27/h4-5,7,9,16,24H,6,8,10-12H2,1-3H3,(H2,23,27)(H,25,28). The summed E-state index contributed by atoms with van der Waals surface area (Å²) in [5.41, 5.74) is 8.96. The topological polar surface area (TPSA) is 118 Å². The number of piperidine rings is 1. The molecule has 2 amide bonds. The normalized spacial score (nSPS) is 16.8. The van der Waals surface area contributed by atoms with Gasteiger partial charge in [-0.05, 0) is 50.4 Å². The van der Waals surface area contributed by atoms with Crippen LogP contribution in [-0.4, -0.2) is 47.9 Å². The van der Waals surface area contributed by atoms with E-state index in [1.165, 1.54) is 7.11 Å². The average molecular weight is 412 g/mol. The lowest BCUT2D eigenvalue weighted by atomic mass is 9.97. The van der Waals surface area contributed by atoms with Crippen molar-refractivity contribution < 1.29 is 19.1 Å². The van der Waals surface area contributed by atoms with Crippen LogP contribution in [0.25, 0.3) is 0 Å². The number of H-pyrrole nitrogens is 1. The van der Waals surface area contributed by atoms with E-state index in [1.54, 1.807) is 13.8 Å². The van der Waals surface area contributed by atoms with Crippen LogP contribution < -0.4 is 11.1 Å². The number of hydrogen-bond acceptors (Lipinski definition) is 5. The van der Waals surface area contributed by atoms with Gasteiger partial charge in [-0.15, -0.1) is 0 Å². The Morgan fingerprint density at radius 2 is 2.00 bits per heavy atom. The van der Waals surface area contributed by atoms with Crippen LogP contribution in [0.5, 0.6) is 0 Å². The minimum Gasteiger partial charge on any atom is -0.465 e. The molecule has 0 radical (unpaired) electrons. The third-order valence-corrected chi connectivity index (χ3v) is 5.62. The van der Waals surface area contributed by atoms with Gasteiger partial charge in [-0.3, -0.25) is 14.5 Å². The summed E-state index contributed by atoms with van der Waals surface area (Å²) in [5.74, 6) is -1.20. The Kier molecular flexibility index (Phi) is 6.56. The molecule has 1 saturated heterocycles. The van der Waals surface area contributed by atoms with Gasteiger partial charge < -0.3 is 20.8 Å². The Morgan fingerprint density at radius 1 is 1.27 bits per heavy atom. The maximum Gasteiger partial charge on any atom is 0.339 e. The molecule has 3 rings (SSSR count). The highest BCUT2D eigenvalue weighted by atomic mass is 16.5. The summed E-state index contributed by atoms with van der Waals surface area (Å²) >= 11 is 0. The van der Waals surface area contributed by atoms with Crippen LogP contribution in [0, 0.1) is 19.8 Å². The van der Waals surface area contributed by atoms with Gasteiger partial charge in [0, 0.05) is 24.5 Å². The van der Waals surface area contributed by atoms with Crippen LogP contribution >= 0.6 is 0 Å². The first-order valence-electron chi connectivity index (χ1n) is 10.00. The van der Waals surface area contributed by atoms with Gasteiger partial charge in [0.25, 0.3) is 5.91 Å². The molecular weight excluding hydrogens is 384 g/mol. The Hall–Kier alpha value is -3.13. The molecule has 1 aliphatic rings. The molecule has 1 unspecified atom stereocenters. The van der Waals surface area contributed by atoms with Gasteiger partial charge in [-0.25, -0.2) is 4.79 Å². The summed E-state index contributed by atoms with van der Waals surface area (Å²) in [4.78, 5) is 41.6. The number of primary amides is 1.